The van der Waals surface area contributed by atoms with Crippen LogP contribution >= 0.6 is 0 Å². The molecule has 0 aliphatic carbocycles. The molecule has 8 nitrogen and oxygen atoms in total. The molecule has 1 N–H and O–H groups in total. The number of nitrogens with one attached hydrogen (secondary N) is 1. The van der Waals surface area contributed by atoms with Crippen LogP contribution in [0.25, 0.3) is 0 Å². The molecular formula is C27H31N3O5. The normalized spacial score (nSPS) is 23.7. The Morgan fingerprint density at radius 2 is 1.91 bits per heavy atom. The van der Waals surface area contributed by atoms with Crippen LogP contribution in [0.3, 0.4) is 0 Å². The van der Waals surface area contributed by atoms with E-state index in [2.05, 4.69) is 17.4 Å². The minimum atomic E-state index is -0.319. The van der Waals surface area contributed by atoms with Gasteiger partial charge in [-0.1, -0.05) is 24.3 Å². The van der Waals surface area contributed by atoms with Crippen LogP contribution in [0.4, 0.5) is 5.69 Å². The monoisotopic (exact) mass is 477 g/mol. The van der Waals surface area contributed by atoms with Gasteiger partial charge in [-0.15, -0.1) is 0 Å². The molecule has 0 saturated carbocycles. The van der Waals surface area contributed by atoms with E-state index in [-0.39, 0.29) is 42.6 Å². The second-order valence-corrected chi connectivity index (χ2v) is 9.60. The number of carbonyl (C=O) groups excluding carboxylic acids is 3. The molecule has 1 fully saturated rings. The zero-order valence-corrected chi connectivity index (χ0v) is 20.2. The van der Waals surface area contributed by atoms with Crippen molar-refractivity contribution in [3.8, 4) is 5.75 Å². The van der Waals surface area contributed by atoms with Gasteiger partial charge in [0, 0.05) is 32.7 Å². The number of ether oxygens (including phenoxy) is 2. The maximum atomic E-state index is 13.3. The Hall–Kier alpha value is -3.39. The molecule has 2 aromatic rings. The Bertz CT molecular complexity index is 1150. The fourth-order valence-corrected chi connectivity index (χ4v) is 5.34. The lowest BCUT2D eigenvalue weighted by Gasteiger charge is -2.42. The van der Waals surface area contributed by atoms with E-state index in [9.17, 15) is 14.4 Å². The summed E-state index contributed by atoms with van der Waals surface area (Å²) in [5.41, 5.74) is 3.50. The number of hydrogen-bond donors (Lipinski definition) is 1. The topological polar surface area (TPSA) is 88.2 Å². The van der Waals surface area contributed by atoms with E-state index < -0.39 is 0 Å². The largest absolute Gasteiger partial charge is 0.490 e. The Labute approximate surface area is 205 Å². The van der Waals surface area contributed by atoms with Gasteiger partial charge in [0.25, 0.3) is 5.91 Å². The van der Waals surface area contributed by atoms with E-state index in [4.69, 9.17) is 9.47 Å². The standard InChI is InChI=1S/C27H31N3O5/c1-17(31)28-20-7-10-24-22(13-20)27(33)29(2)23-9-8-21(35-25(23)16-34-24)14-26(32)30-12-11-18-5-3-4-6-19(18)15-30/h3-7,10,13,21,23,25H,8-9,11-12,14-16H2,1-2H3,(H,28,31)/t21-,23+,25+/m1/s1. The van der Waals surface area contributed by atoms with Crippen molar-refractivity contribution in [2.75, 3.05) is 25.5 Å². The first kappa shape index (κ1) is 23.4. The SMILES string of the molecule is CC(=O)Nc1ccc2c(c1)C(=O)N(C)[C@H]1CC[C@H](CC(=O)N3CCc4ccccc4C3)O[C@H]1CO2. The quantitative estimate of drug-likeness (QED) is 0.734. The molecule has 5 rings (SSSR count). The zero-order valence-electron chi connectivity index (χ0n) is 20.2. The number of amides is 3. The first-order valence-corrected chi connectivity index (χ1v) is 12.2. The van der Waals surface area contributed by atoms with Crippen LogP contribution < -0.4 is 10.1 Å². The summed E-state index contributed by atoms with van der Waals surface area (Å²) in [6.07, 6.45) is 2.13. The molecule has 0 bridgehead atoms. The van der Waals surface area contributed by atoms with Crippen LogP contribution in [0.5, 0.6) is 5.75 Å². The van der Waals surface area contributed by atoms with E-state index in [1.165, 1.54) is 18.1 Å². The van der Waals surface area contributed by atoms with Gasteiger partial charge < -0.3 is 24.6 Å². The van der Waals surface area contributed by atoms with Crippen molar-refractivity contribution >= 4 is 23.4 Å². The maximum Gasteiger partial charge on any atom is 0.257 e. The van der Waals surface area contributed by atoms with E-state index in [1.807, 2.05) is 17.0 Å². The highest BCUT2D eigenvalue weighted by Gasteiger charge is 2.39. The van der Waals surface area contributed by atoms with Crippen LogP contribution in [0.1, 0.15) is 47.7 Å². The number of carbonyl (C=O) groups is 3. The van der Waals surface area contributed by atoms with Crippen molar-refractivity contribution in [2.45, 2.75) is 57.4 Å². The Kier molecular flexibility index (Phi) is 6.47. The summed E-state index contributed by atoms with van der Waals surface area (Å²) in [6, 6.07) is 13.2. The first-order chi connectivity index (χ1) is 16.9. The zero-order chi connectivity index (χ0) is 24.5. The Balaban J connectivity index is 1.25. The summed E-state index contributed by atoms with van der Waals surface area (Å²) in [6.45, 7) is 3.09. The highest BCUT2D eigenvalue weighted by atomic mass is 16.5. The molecule has 3 atom stereocenters. The second-order valence-electron chi connectivity index (χ2n) is 9.60. The third kappa shape index (κ3) is 4.89. The molecular weight excluding hydrogens is 446 g/mol. The number of rotatable bonds is 3. The summed E-state index contributed by atoms with van der Waals surface area (Å²) in [7, 11) is 1.78. The van der Waals surface area contributed by atoms with Gasteiger partial charge >= 0.3 is 0 Å². The minimum absolute atomic E-state index is 0.106. The molecule has 184 valence electrons. The average molecular weight is 478 g/mol. The number of nitrogens with zero attached hydrogens (tertiary/aromatic N) is 2. The van der Waals surface area contributed by atoms with Gasteiger partial charge in [0.1, 0.15) is 18.5 Å². The van der Waals surface area contributed by atoms with Crippen LogP contribution in [-0.4, -0.2) is 66.0 Å². The number of anilines is 1. The van der Waals surface area contributed by atoms with E-state index in [0.717, 1.165) is 19.4 Å². The van der Waals surface area contributed by atoms with E-state index >= 15 is 0 Å². The van der Waals surface area contributed by atoms with Crippen molar-refractivity contribution < 1.29 is 23.9 Å². The Morgan fingerprint density at radius 3 is 2.71 bits per heavy atom. The van der Waals surface area contributed by atoms with Crippen molar-refractivity contribution in [3.63, 3.8) is 0 Å². The number of benzene rings is 2. The second kappa shape index (κ2) is 9.70. The molecule has 3 heterocycles. The van der Waals surface area contributed by atoms with Crippen LogP contribution in [0, 0.1) is 0 Å². The van der Waals surface area contributed by atoms with Gasteiger partial charge in [-0.05, 0) is 48.6 Å². The summed E-state index contributed by atoms with van der Waals surface area (Å²) >= 11 is 0. The molecule has 35 heavy (non-hydrogen) atoms. The van der Waals surface area contributed by atoms with Crippen LogP contribution in [0.15, 0.2) is 42.5 Å². The minimum Gasteiger partial charge on any atom is -0.490 e. The summed E-state index contributed by atoms with van der Waals surface area (Å²) < 4.78 is 12.3. The molecule has 0 spiro atoms. The van der Waals surface area contributed by atoms with Crippen molar-refractivity contribution in [2.24, 2.45) is 0 Å². The predicted octanol–water partition coefficient (Wildman–Crippen LogP) is 3.00. The van der Waals surface area contributed by atoms with E-state index in [1.54, 1.807) is 30.1 Å². The molecule has 8 heteroatoms. The Morgan fingerprint density at radius 1 is 1.11 bits per heavy atom. The highest BCUT2D eigenvalue weighted by Crippen LogP contribution is 2.33. The predicted molar refractivity (Wildman–Crippen MR) is 130 cm³/mol. The molecule has 0 radical (unpaired) electrons. The van der Waals surface area contributed by atoms with Gasteiger partial charge in [-0.3, -0.25) is 14.4 Å². The van der Waals surface area contributed by atoms with Crippen molar-refractivity contribution in [1.82, 2.24) is 9.80 Å². The van der Waals surface area contributed by atoms with Crippen LogP contribution in [-0.2, 0) is 27.3 Å². The fourth-order valence-electron chi connectivity index (χ4n) is 5.34. The highest BCUT2D eigenvalue weighted by molar-refractivity contribution is 5.99. The summed E-state index contributed by atoms with van der Waals surface area (Å²) in [5.74, 6) is 0.192. The molecule has 3 aliphatic heterocycles. The molecule has 0 unspecified atom stereocenters. The maximum absolute atomic E-state index is 13.3. The molecule has 3 amide bonds. The van der Waals surface area contributed by atoms with Crippen molar-refractivity contribution in [3.05, 3.63) is 59.2 Å². The number of likely N-dealkylation sites (N-methyl/N-ethyl adjacent to an activating group) is 1. The fraction of sp³-hybridized carbons (Fsp3) is 0.444. The lowest BCUT2D eigenvalue weighted by atomic mass is 9.94. The smallest absolute Gasteiger partial charge is 0.257 e. The third-order valence-electron chi connectivity index (χ3n) is 7.22. The molecule has 1 saturated heterocycles. The molecule has 0 aromatic heterocycles. The average Bonchev–Trinajstić information content (AvgIpc) is 2.86. The number of fused-ring (bicyclic) bond motifs is 3. The van der Waals surface area contributed by atoms with Gasteiger partial charge in [-0.25, -0.2) is 0 Å². The lowest BCUT2D eigenvalue weighted by molar-refractivity contribution is -0.143. The lowest BCUT2D eigenvalue weighted by Crippen LogP contribution is -2.54. The van der Waals surface area contributed by atoms with Gasteiger partial charge in [0.15, 0.2) is 0 Å². The first-order valence-electron chi connectivity index (χ1n) is 12.2. The third-order valence-corrected chi connectivity index (χ3v) is 7.22. The number of hydrogen-bond acceptors (Lipinski definition) is 5. The van der Waals surface area contributed by atoms with Gasteiger partial charge in [0.2, 0.25) is 11.8 Å². The molecule has 2 aromatic carbocycles. The summed E-state index contributed by atoms with van der Waals surface area (Å²) in [4.78, 5) is 41.4. The van der Waals surface area contributed by atoms with Gasteiger partial charge in [-0.2, -0.15) is 0 Å². The van der Waals surface area contributed by atoms with Gasteiger partial charge in [0.05, 0.1) is 24.1 Å². The van der Waals surface area contributed by atoms with E-state index in [0.29, 0.717) is 36.4 Å². The summed E-state index contributed by atoms with van der Waals surface area (Å²) in [5, 5.41) is 2.71. The van der Waals surface area contributed by atoms with Crippen molar-refractivity contribution in [1.29, 1.82) is 0 Å². The molecule has 3 aliphatic rings. The van der Waals surface area contributed by atoms with Crippen LogP contribution in [0.2, 0.25) is 0 Å².